The Morgan fingerprint density at radius 1 is 1.53 bits per heavy atom. The summed E-state index contributed by atoms with van der Waals surface area (Å²) in [7, 11) is 0. The number of carbonyl (C=O) groups excluding carboxylic acids is 3. The predicted molar refractivity (Wildman–Crippen MR) is 72.3 cm³/mol. The lowest BCUT2D eigenvalue weighted by Gasteiger charge is -2.22. The molecule has 5 heteroatoms. The quantitative estimate of drug-likeness (QED) is 0.319. The van der Waals surface area contributed by atoms with Gasteiger partial charge in [-0.05, 0) is 18.9 Å². The van der Waals surface area contributed by atoms with Crippen molar-refractivity contribution < 1.29 is 14.4 Å². The summed E-state index contributed by atoms with van der Waals surface area (Å²) in [5, 5.41) is 5.32. The van der Waals surface area contributed by atoms with Crippen LogP contribution in [-0.4, -0.2) is 30.7 Å². The second-order valence-electron chi connectivity index (χ2n) is 4.17. The Balaban J connectivity index is 2.65. The molecule has 102 valence electrons. The van der Waals surface area contributed by atoms with Crippen LogP contribution in [0.2, 0.25) is 0 Å². The molecule has 1 saturated heterocycles. The van der Waals surface area contributed by atoms with E-state index < -0.39 is 6.04 Å². The third-order valence-corrected chi connectivity index (χ3v) is 2.91. The van der Waals surface area contributed by atoms with Crippen molar-refractivity contribution >= 4 is 18.1 Å². The number of amides is 2. The van der Waals surface area contributed by atoms with Crippen molar-refractivity contribution in [3.8, 4) is 0 Å². The molecule has 0 aromatic rings. The lowest BCUT2D eigenvalue weighted by Crippen LogP contribution is -2.51. The first-order valence-corrected chi connectivity index (χ1v) is 6.13. The van der Waals surface area contributed by atoms with Gasteiger partial charge in [0.2, 0.25) is 11.8 Å². The van der Waals surface area contributed by atoms with E-state index in [1.165, 1.54) is 0 Å². The van der Waals surface area contributed by atoms with E-state index in [4.69, 9.17) is 0 Å². The summed E-state index contributed by atoms with van der Waals surface area (Å²) >= 11 is 0. The highest BCUT2D eigenvalue weighted by Crippen LogP contribution is 2.09. The van der Waals surface area contributed by atoms with Gasteiger partial charge in [-0.25, -0.2) is 0 Å². The highest BCUT2D eigenvalue weighted by Gasteiger charge is 2.26. The van der Waals surface area contributed by atoms with Crippen molar-refractivity contribution in [2.24, 2.45) is 0 Å². The first kappa shape index (κ1) is 15.0. The molecular weight excluding hydrogens is 244 g/mol. The molecule has 0 saturated carbocycles. The molecule has 0 aliphatic carbocycles. The molecule has 1 rings (SSSR count). The molecule has 0 spiro atoms. The van der Waals surface area contributed by atoms with Crippen LogP contribution in [-0.2, 0) is 14.4 Å². The summed E-state index contributed by atoms with van der Waals surface area (Å²) in [6.45, 7) is 5.74. The van der Waals surface area contributed by atoms with Crippen LogP contribution in [0.25, 0.3) is 0 Å². The van der Waals surface area contributed by atoms with Gasteiger partial charge in [-0.3, -0.25) is 19.7 Å². The van der Waals surface area contributed by atoms with E-state index in [9.17, 15) is 14.4 Å². The van der Waals surface area contributed by atoms with Crippen molar-refractivity contribution in [3.63, 3.8) is 0 Å². The first-order chi connectivity index (χ1) is 9.12. The van der Waals surface area contributed by atoms with Crippen molar-refractivity contribution in [3.05, 3.63) is 36.0 Å². The van der Waals surface area contributed by atoms with Gasteiger partial charge < -0.3 is 5.32 Å². The Morgan fingerprint density at radius 3 is 2.79 bits per heavy atom. The monoisotopic (exact) mass is 262 g/mol. The third-order valence-electron chi connectivity index (χ3n) is 2.91. The fourth-order valence-electron chi connectivity index (χ4n) is 1.85. The predicted octanol–water partition coefficient (Wildman–Crippen LogP) is 0.639. The van der Waals surface area contributed by atoms with Gasteiger partial charge in [0.05, 0.1) is 6.04 Å². The summed E-state index contributed by atoms with van der Waals surface area (Å²) in [6, 6.07) is -0.407. The number of aldehydes is 1. The van der Waals surface area contributed by atoms with Crippen molar-refractivity contribution in [1.82, 2.24) is 10.6 Å². The molecule has 5 nitrogen and oxygen atoms in total. The fraction of sp³-hybridized carbons (Fsp3) is 0.357. The second-order valence-corrected chi connectivity index (χ2v) is 4.17. The number of hydrogen-bond acceptors (Lipinski definition) is 4. The molecule has 19 heavy (non-hydrogen) atoms. The van der Waals surface area contributed by atoms with Gasteiger partial charge in [0.1, 0.15) is 6.29 Å². The van der Waals surface area contributed by atoms with Crippen LogP contribution >= 0.6 is 0 Å². The lowest BCUT2D eigenvalue weighted by molar-refractivity contribution is -0.134. The maximum atomic E-state index is 11.6. The molecule has 1 heterocycles. The average molecular weight is 262 g/mol. The van der Waals surface area contributed by atoms with Gasteiger partial charge in [0, 0.05) is 18.5 Å². The van der Waals surface area contributed by atoms with Gasteiger partial charge in [0.25, 0.3) is 0 Å². The van der Waals surface area contributed by atoms with Crippen LogP contribution in [0.15, 0.2) is 36.0 Å². The van der Waals surface area contributed by atoms with Gasteiger partial charge in [-0.2, -0.15) is 0 Å². The summed E-state index contributed by atoms with van der Waals surface area (Å²) in [5.41, 5.74) is 1.32. The van der Waals surface area contributed by atoms with Crippen molar-refractivity contribution in [1.29, 1.82) is 0 Å². The second kappa shape index (κ2) is 7.43. The zero-order chi connectivity index (χ0) is 14.3. The Hall–Kier alpha value is -2.01. The number of imide groups is 1. The van der Waals surface area contributed by atoms with Crippen molar-refractivity contribution in [2.45, 2.75) is 25.8 Å². The highest BCUT2D eigenvalue weighted by atomic mass is 16.2. The van der Waals surface area contributed by atoms with Crippen LogP contribution in [0.4, 0.5) is 0 Å². The minimum Gasteiger partial charge on any atom is -0.302 e. The first-order valence-electron chi connectivity index (χ1n) is 6.13. The molecule has 2 amide bonds. The minimum absolute atomic E-state index is 0.244. The summed E-state index contributed by atoms with van der Waals surface area (Å²) in [4.78, 5) is 33.5. The molecule has 0 radical (unpaired) electrons. The minimum atomic E-state index is -0.407. The van der Waals surface area contributed by atoms with Crippen LogP contribution in [0.5, 0.6) is 0 Å². The molecule has 1 atom stereocenters. The lowest BCUT2D eigenvalue weighted by atomic mass is 10.0. The number of hydrogen-bond donors (Lipinski definition) is 2. The van der Waals surface area contributed by atoms with Crippen molar-refractivity contribution in [2.75, 3.05) is 6.54 Å². The van der Waals surface area contributed by atoms with E-state index in [0.717, 1.165) is 11.9 Å². The Labute approximate surface area is 112 Å². The molecule has 1 aliphatic heterocycles. The Kier molecular flexibility index (Phi) is 5.89. The number of piperidine rings is 1. The molecule has 1 unspecified atom stereocenters. The maximum Gasteiger partial charge on any atom is 0.243 e. The topological polar surface area (TPSA) is 75.3 Å². The number of nitrogens with one attached hydrogen (secondary N) is 2. The van der Waals surface area contributed by atoms with Gasteiger partial charge >= 0.3 is 0 Å². The Bertz CT molecular complexity index is 450. The smallest absolute Gasteiger partial charge is 0.243 e. The van der Waals surface area contributed by atoms with E-state index >= 15 is 0 Å². The molecule has 0 aromatic heterocycles. The number of allylic oxidation sites excluding steroid dienone is 3. The fourth-order valence-corrected chi connectivity index (χ4v) is 1.85. The average Bonchev–Trinajstić information content (AvgIpc) is 2.39. The van der Waals surface area contributed by atoms with E-state index in [1.807, 2.05) is 0 Å². The molecule has 0 bridgehead atoms. The molecule has 0 aromatic carbocycles. The summed E-state index contributed by atoms with van der Waals surface area (Å²) in [5.74, 6) is -0.561. The Morgan fingerprint density at radius 2 is 2.26 bits per heavy atom. The summed E-state index contributed by atoms with van der Waals surface area (Å²) < 4.78 is 0. The molecular formula is C14H18N2O3. The van der Waals surface area contributed by atoms with Crippen LogP contribution < -0.4 is 10.6 Å². The highest BCUT2D eigenvalue weighted by molar-refractivity contribution is 6.00. The van der Waals surface area contributed by atoms with Crippen LogP contribution in [0.1, 0.15) is 19.8 Å². The van der Waals surface area contributed by atoms with Gasteiger partial charge in [-0.15, -0.1) is 0 Å². The van der Waals surface area contributed by atoms with Gasteiger partial charge in [0.15, 0.2) is 0 Å². The van der Waals surface area contributed by atoms with E-state index in [1.54, 1.807) is 25.2 Å². The normalized spacial score (nSPS) is 21.0. The zero-order valence-electron chi connectivity index (χ0n) is 10.9. The number of carbonyl (C=O) groups is 3. The zero-order valence-corrected chi connectivity index (χ0v) is 10.9. The maximum absolute atomic E-state index is 11.6. The van der Waals surface area contributed by atoms with E-state index in [2.05, 4.69) is 17.2 Å². The summed E-state index contributed by atoms with van der Waals surface area (Å²) in [6.07, 6.45) is 6.58. The molecule has 1 fully saturated rings. The van der Waals surface area contributed by atoms with E-state index in [-0.39, 0.29) is 11.8 Å². The SMILES string of the molecule is C=C/C=C(CNC1CCC(=O)NC1=O)\C(C=O)=C/C. The molecule has 2 N–H and O–H groups in total. The standard InChI is InChI=1S/C14H18N2O3/c1-3-5-11(10(4-2)9-17)8-15-12-6-7-13(18)16-14(12)19/h3-5,9,12,15H,1,6-8H2,2H3,(H,16,18,19)/b10-4-,11-5-. The largest absolute Gasteiger partial charge is 0.302 e. The molecule has 1 aliphatic rings. The van der Waals surface area contributed by atoms with Crippen LogP contribution in [0.3, 0.4) is 0 Å². The number of rotatable bonds is 6. The third kappa shape index (κ3) is 4.30. The van der Waals surface area contributed by atoms with E-state index in [0.29, 0.717) is 25.0 Å². The van der Waals surface area contributed by atoms with Gasteiger partial charge in [-0.1, -0.05) is 24.8 Å². The van der Waals surface area contributed by atoms with Crippen LogP contribution in [0, 0.1) is 0 Å².